The van der Waals surface area contributed by atoms with Gasteiger partial charge in [0.05, 0.1) is 12.8 Å². The molecule has 0 unspecified atom stereocenters. The molecule has 84 valence electrons. The summed E-state index contributed by atoms with van der Waals surface area (Å²) in [5.41, 5.74) is 4.27. The van der Waals surface area contributed by atoms with Crippen LogP contribution >= 0.6 is 0 Å². The maximum absolute atomic E-state index is 10.9. The summed E-state index contributed by atoms with van der Waals surface area (Å²) < 4.78 is 24.3. The van der Waals surface area contributed by atoms with Crippen LogP contribution in [0.4, 0.5) is 0 Å². The Morgan fingerprint density at radius 1 is 1.43 bits per heavy atom. The molecule has 0 aromatic carbocycles. The highest BCUT2D eigenvalue weighted by atomic mass is 32.2. The van der Waals surface area contributed by atoms with Crippen LogP contribution in [0.2, 0.25) is 0 Å². The minimum absolute atomic E-state index is 0.0366. The van der Waals surface area contributed by atoms with Crippen LogP contribution in [-0.4, -0.2) is 39.2 Å². The maximum atomic E-state index is 10.9. The number of sulfonamides is 1. The van der Waals surface area contributed by atoms with Crippen molar-refractivity contribution in [3.63, 3.8) is 0 Å². The lowest BCUT2D eigenvalue weighted by Gasteiger charge is -2.24. The van der Waals surface area contributed by atoms with Crippen molar-refractivity contribution in [3.8, 4) is 0 Å². The van der Waals surface area contributed by atoms with Crippen molar-refractivity contribution < 1.29 is 13.2 Å². The molecule has 0 saturated carbocycles. The molecule has 0 heterocycles. The molecule has 0 aliphatic rings. The van der Waals surface area contributed by atoms with E-state index >= 15 is 0 Å². The monoisotopic (exact) mass is 223 g/mol. The lowest BCUT2D eigenvalue weighted by molar-refractivity contribution is -0.117. The topological polar surface area (TPSA) is 101 Å². The predicted octanol–water partition coefficient (Wildman–Crippen LogP) is -1.61. The van der Waals surface area contributed by atoms with E-state index in [-0.39, 0.29) is 6.54 Å². The fraction of sp³-hybridized carbons (Fsp3) is 0.857. The van der Waals surface area contributed by atoms with E-state index in [4.69, 9.17) is 5.73 Å². The third kappa shape index (κ3) is 7.96. The van der Waals surface area contributed by atoms with Gasteiger partial charge in [0.1, 0.15) is 0 Å². The number of carbonyl (C=O) groups excluding carboxylic acids is 1. The molecular weight excluding hydrogens is 206 g/mol. The van der Waals surface area contributed by atoms with E-state index in [0.29, 0.717) is 6.54 Å². The highest BCUT2D eigenvalue weighted by molar-refractivity contribution is 7.88. The Bertz CT molecular complexity index is 297. The van der Waals surface area contributed by atoms with E-state index in [2.05, 4.69) is 10.0 Å². The molecule has 14 heavy (non-hydrogen) atoms. The smallest absolute Gasteiger partial charge is 0.231 e. The summed E-state index contributed by atoms with van der Waals surface area (Å²) in [6.07, 6.45) is 1.09. The molecule has 0 bridgehead atoms. The summed E-state index contributed by atoms with van der Waals surface area (Å²) in [4.78, 5) is 10.4. The predicted molar refractivity (Wildman–Crippen MR) is 54.1 cm³/mol. The molecule has 0 aromatic heterocycles. The molecule has 0 rings (SSSR count). The van der Waals surface area contributed by atoms with Gasteiger partial charge in [0, 0.05) is 12.1 Å². The molecule has 1 amide bonds. The third-order valence-electron chi connectivity index (χ3n) is 1.33. The summed E-state index contributed by atoms with van der Waals surface area (Å²) in [5.74, 6) is -0.472. The first-order chi connectivity index (χ1) is 6.12. The van der Waals surface area contributed by atoms with Crippen LogP contribution in [0.3, 0.4) is 0 Å². The maximum Gasteiger partial charge on any atom is 0.231 e. The quantitative estimate of drug-likeness (QED) is 0.504. The first-order valence-corrected chi connectivity index (χ1v) is 5.99. The van der Waals surface area contributed by atoms with Crippen molar-refractivity contribution in [2.45, 2.75) is 19.4 Å². The minimum Gasteiger partial charge on any atom is -0.369 e. The molecule has 4 N–H and O–H groups in total. The Morgan fingerprint density at radius 3 is 2.29 bits per heavy atom. The van der Waals surface area contributed by atoms with E-state index in [1.165, 1.54) is 0 Å². The molecule has 0 atom stereocenters. The summed E-state index contributed by atoms with van der Waals surface area (Å²) >= 11 is 0. The van der Waals surface area contributed by atoms with Gasteiger partial charge in [0.15, 0.2) is 0 Å². The highest BCUT2D eigenvalue weighted by Gasteiger charge is 2.21. The van der Waals surface area contributed by atoms with Crippen molar-refractivity contribution in [1.29, 1.82) is 0 Å². The summed E-state index contributed by atoms with van der Waals surface area (Å²) in [6.45, 7) is 3.79. The summed E-state index contributed by atoms with van der Waals surface area (Å²) in [6, 6.07) is 0. The zero-order valence-corrected chi connectivity index (χ0v) is 9.44. The van der Waals surface area contributed by atoms with Crippen LogP contribution in [-0.2, 0) is 14.8 Å². The zero-order valence-electron chi connectivity index (χ0n) is 8.62. The van der Waals surface area contributed by atoms with E-state index in [1.54, 1.807) is 13.8 Å². The molecule has 0 aliphatic carbocycles. The molecule has 7 heteroatoms. The van der Waals surface area contributed by atoms with Gasteiger partial charge in [-0.3, -0.25) is 4.79 Å². The first-order valence-electron chi connectivity index (χ1n) is 4.10. The highest BCUT2D eigenvalue weighted by Crippen LogP contribution is 2.01. The fourth-order valence-corrected chi connectivity index (χ4v) is 2.11. The second-order valence-electron chi connectivity index (χ2n) is 3.83. The molecule has 0 aliphatic heterocycles. The largest absolute Gasteiger partial charge is 0.369 e. The van der Waals surface area contributed by atoms with Crippen LogP contribution in [0.1, 0.15) is 13.8 Å². The Labute approximate surface area is 84.3 Å². The number of nitrogens with one attached hydrogen (secondary N) is 2. The average Bonchev–Trinajstić information content (AvgIpc) is 1.78. The van der Waals surface area contributed by atoms with Gasteiger partial charge in [-0.2, -0.15) is 0 Å². The van der Waals surface area contributed by atoms with Gasteiger partial charge in [-0.05, 0) is 13.8 Å². The van der Waals surface area contributed by atoms with Crippen molar-refractivity contribution in [2.75, 3.05) is 19.3 Å². The molecule has 0 aromatic rings. The van der Waals surface area contributed by atoms with Gasteiger partial charge < -0.3 is 11.1 Å². The normalized spacial score (nSPS) is 12.8. The molecule has 6 nitrogen and oxygen atoms in total. The van der Waals surface area contributed by atoms with Gasteiger partial charge in [0.2, 0.25) is 15.9 Å². The van der Waals surface area contributed by atoms with Crippen molar-refractivity contribution in [1.82, 2.24) is 10.0 Å². The Kier molecular flexibility index (Phi) is 4.50. The lowest BCUT2D eigenvalue weighted by Crippen LogP contribution is -2.50. The second kappa shape index (κ2) is 4.72. The molecule has 0 radical (unpaired) electrons. The molecular formula is C7H17N3O3S. The van der Waals surface area contributed by atoms with E-state index in [0.717, 1.165) is 6.26 Å². The standard InChI is InChI=1S/C7H17N3O3S/c1-7(2,10-14(3,12)13)5-9-4-6(8)11/h9-10H,4-5H2,1-3H3,(H2,8,11). The Balaban J connectivity index is 4.02. The number of hydrogen-bond acceptors (Lipinski definition) is 4. The van der Waals surface area contributed by atoms with Crippen LogP contribution in [0.5, 0.6) is 0 Å². The number of rotatable bonds is 6. The zero-order chi connectivity index (χ0) is 11.4. The second-order valence-corrected chi connectivity index (χ2v) is 5.58. The minimum atomic E-state index is -3.24. The lowest BCUT2D eigenvalue weighted by atomic mass is 10.1. The van der Waals surface area contributed by atoms with Gasteiger partial charge in [-0.25, -0.2) is 13.1 Å². The average molecular weight is 223 g/mol. The number of nitrogens with two attached hydrogens (primary N) is 1. The fourth-order valence-electron chi connectivity index (χ4n) is 1.04. The number of hydrogen-bond donors (Lipinski definition) is 3. The van der Waals surface area contributed by atoms with Crippen molar-refractivity contribution in [3.05, 3.63) is 0 Å². The van der Waals surface area contributed by atoms with Crippen molar-refractivity contribution in [2.24, 2.45) is 5.73 Å². The first kappa shape index (κ1) is 13.3. The van der Waals surface area contributed by atoms with E-state index in [9.17, 15) is 13.2 Å². The Hall–Kier alpha value is -0.660. The Morgan fingerprint density at radius 2 is 1.93 bits per heavy atom. The van der Waals surface area contributed by atoms with Gasteiger partial charge in [-0.1, -0.05) is 0 Å². The van der Waals surface area contributed by atoms with Crippen LogP contribution in [0.15, 0.2) is 0 Å². The van der Waals surface area contributed by atoms with Crippen LogP contribution in [0.25, 0.3) is 0 Å². The number of carbonyl (C=O) groups is 1. The number of primary amides is 1. The van der Waals surface area contributed by atoms with E-state index in [1.807, 2.05) is 0 Å². The summed E-state index contributed by atoms with van der Waals surface area (Å²) in [7, 11) is -3.24. The molecule has 0 fully saturated rings. The molecule has 0 saturated heterocycles. The summed E-state index contributed by atoms with van der Waals surface area (Å²) in [5, 5.41) is 2.75. The van der Waals surface area contributed by atoms with Gasteiger partial charge in [-0.15, -0.1) is 0 Å². The van der Waals surface area contributed by atoms with Crippen molar-refractivity contribution >= 4 is 15.9 Å². The SMILES string of the molecule is CC(C)(CNCC(N)=O)NS(C)(=O)=O. The van der Waals surface area contributed by atoms with Gasteiger partial charge in [0.25, 0.3) is 0 Å². The third-order valence-corrected chi connectivity index (χ3v) is 2.25. The van der Waals surface area contributed by atoms with Gasteiger partial charge >= 0.3 is 0 Å². The van der Waals surface area contributed by atoms with E-state index < -0.39 is 21.5 Å². The van der Waals surface area contributed by atoms with Crippen LogP contribution in [0, 0.1) is 0 Å². The number of amides is 1. The molecule has 0 spiro atoms. The van der Waals surface area contributed by atoms with Crippen LogP contribution < -0.4 is 15.8 Å².